The smallest absolute Gasteiger partial charge is 0.257 e. The molecule has 98 valence electrons. The normalized spacial score (nSPS) is 10.1. The van der Waals surface area contributed by atoms with E-state index >= 15 is 0 Å². The summed E-state index contributed by atoms with van der Waals surface area (Å²) in [4.78, 5) is 16.1. The molecule has 0 bridgehead atoms. The maximum Gasteiger partial charge on any atom is 0.257 e. The average Bonchev–Trinajstić information content (AvgIpc) is 2.43. The molecule has 0 saturated carbocycles. The zero-order chi connectivity index (χ0) is 13.8. The van der Waals surface area contributed by atoms with E-state index in [2.05, 4.69) is 31.7 Å². The Kier molecular flexibility index (Phi) is 4.13. The zero-order valence-corrected chi connectivity index (χ0v) is 11.9. The molecule has 19 heavy (non-hydrogen) atoms. The molecule has 4 N–H and O–H groups in total. The molecule has 1 aromatic heterocycles. The summed E-state index contributed by atoms with van der Waals surface area (Å²) in [6.07, 6.45) is 3.05. The summed E-state index contributed by atoms with van der Waals surface area (Å²) in [6.45, 7) is 1.92. The standard InChI is InChI=1S/C13H13BrN4O/c1-8-10(14)3-2-4-11(8)17-13(19)9-5-6-16-7-12(9)18-15/h2-7,18H,15H2,1H3,(H,17,19). The van der Waals surface area contributed by atoms with E-state index in [9.17, 15) is 4.79 Å². The van der Waals surface area contributed by atoms with Crippen LogP contribution in [0.3, 0.4) is 0 Å². The van der Waals surface area contributed by atoms with Gasteiger partial charge in [-0.05, 0) is 30.7 Å². The van der Waals surface area contributed by atoms with E-state index in [1.54, 1.807) is 12.3 Å². The Morgan fingerprint density at radius 2 is 2.11 bits per heavy atom. The fraction of sp³-hybridized carbons (Fsp3) is 0.0769. The number of benzene rings is 1. The molecule has 1 heterocycles. The molecule has 1 aromatic carbocycles. The van der Waals surface area contributed by atoms with Crippen molar-refractivity contribution in [2.75, 3.05) is 10.7 Å². The molecule has 0 saturated heterocycles. The molecule has 1 amide bonds. The average molecular weight is 321 g/mol. The monoisotopic (exact) mass is 320 g/mol. The van der Waals surface area contributed by atoms with Crippen LogP contribution in [0.4, 0.5) is 11.4 Å². The van der Waals surface area contributed by atoms with E-state index in [0.29, 0.717) is 11.3 Å². The van der Waals surface area contributed by atoms with Crippen LogP contribution in [0.2, 0.25) is 0 Å². The van der Waals surface area contributed by atoms with E-state index < -0.39 is 0 Å². The fourth-order valence-corrected chi connectivity index (χ4v) is 2.01. The van der Waals surface area contributed by atoms with Crippen LogP contribution < -0.4 is 16.6 Å². The van der Waals surface area contributed by atoms with Crippen molar-refractivity contribution in [3.8, 4) is 0 Å². The molecule has 0 radical (unpaired) electrons. The van der Waals surface area contributed by atoms with E-state index in [4.69, 9.17) is 5.84 Å². The van der Waals surface area contributed by atoms with Gasteiger partial charge >= 0.3 is 0 Å². The van der Waals surface area contributed by atoms with Crippen molar-refractivity contribution in [3.63, 3.8) is 0 Å². The Bertz CT molecular complexity index is 615. The first-order valence-electron chi connectivity index (χ1n) is 5.60. The van der Waals surface area contributed by atoms with Gasteiger partial charge in [0.2, 0.25) is 0 Å². The van der Waals surface area contributed by atoms with Crippen LogP contribution in [0.5, 0.6) is 0 Å². The topological polar surface area (TPSA) is 80.0 Å². The Morgan fingerprint density at radius 3 is 2.84 bits per heavy atom. The van der Waals surface area contributed by atoms with Crippen LogP contribution in [-0.2, 0) is 0 Å². The zero-order valence-electron chi connectivity index (χ0n) is 10.3. The van der Waals surface area contributed by atoms with Crippen LogP contribution in [0.15, 0.2) is 41.1 Å². The van der Waals surface area contributed by atoms with Crippen molar-refractivity contribution >= 4 is 33.2 Å². The number of rotatable bonds is 3. The van der Waals surface area contributed by atoms with E-state index in [-0.39, 0.29) is 5.91 Å². The number of amides is 1. The van der Waals surface area contributed by atoms with Gasteiger partial charge in [-0.1, -0.05) is 22.0 Å². The van der Waals surface area contributed by atoms with Gasteiger partial charge in [-0.2, -0.15) is 0 Å². The number of aromatic nitrogens is 1. The summed E-state index contributed by atoms with van der Waals surface area (Å²) in [5.74, 6) is 5.12. The summed E-state index contributed by atoms with van der Waals surface area (Å²) < 4.78 is 0.942. The number of nitrogens with two attached hydrogens (primary N) is 1. The van der Waals surface area contributed by atoms with Gasteiger partial charge < -0.3 is 10.7 Å². The number of hydrogen-bond acceptors (Lipinski definition) is 4. The van der Waals surface area contributed by atoms with Gasteiger partial charge in [0.25, 0.3) is 5.91 Å². The van der Waals surface area contributed by atoms with E-state index in [1.807, 2.05) is 25.1 Å². The largest absolute Gasteiger partial charge is 0.322 e. The van der Waals surface area contributed by atoms with Crippen molar-refractivity contribution in [1.29, 1.82) is 0 Å². The predicted octanol–water partition coefficient (Wildman–Crippen LogP) is 2.69. The minimum Gasteiger partial charge on any atom is -0.322 e. The first kappa shape index (κ1) is 13.5. The highest BCUT2D eigenvalue weighted by molar-refractivity contribution is 9.10. The Balaban J connectivity index is 2.28. The number of nitrogens with zero attached hydrogens (tertiary/aromatic N) is 1. The third-order valence-electron chi connectivity index (χ3n) is 2.74. The number of nitrogens with one attached hydrogen (secondary N) is 2. The van der Waals surface area contributed by atoms with Gasteiger partial charge in [0.1, 0.15) is 0 Å². The van der Waals surface area contributed by atoms with Crippen molar-refractivity contribution in [1.82, 2.24) is 4.98 Å². The summed E-state index contributed by atoms with van der Waals surface area (Å²) in [7, 11) is 0. The molecule has 2 rings (SSSR count). The van der Waals surface area contributed by atoms with Crippen LogP contribution >= 0.6 is 15.9 Å². The first-order chi connectivity index (χ1) is 9.13. The Labute approximate surface area is 119 Å². The van der Waals surface area contributed by atoms with Crippen LogP contribution in [0.1, 0.15) is 15.9 Å². The molecule has 0 unspecified atom stereocenters. The number of nitrogen functional groups attached to an aromatic ring is 1. The number of carbonyl (C=O) groups is 1. The highest BCUT2D eigenvalue weighted by Gasteiger charge is 2.12. The minimum absolute atomic E-state index is 0.239. The number of hydrogen-bond donors (Lipinski definition) is 3. The summed E-state index contributed by atoms with van der Waals surface area (Å²) >= 11 is 3.43. The molecule has 0 aliphatic rings. The lowest BCUT2D eigenvalue weighted by molar-refractivity contribution is 0.102. The lowest BCUT2D eigenvalue weighted by Crippen LogP contribution is -2.17. The van der Waals surface area contributed by atoms with Crippen LogP contribution in [0, 0.1) is 6.92 Å². The van der Waals surface area contributed by atoms with Crippen LogP contribution in [-0.4, -0.2) is 10.9 Å². The molecule has 0 aliphatic carbocycles. The van der Waals surface area contributed by atoms with Crippen LogP contribution in [0.25, 0.3) is 0 Å². The number of halogens is 1. The molecular formula is C13H13BrN4O. The fourth-order valence-electron chi connectivity index (χ4n) is 1.64. The molecule has 0 atom stereocenters. The third-order valence-corrected chi connectivity index (χ3v) is 3.60. The lowest BCUT2D eigenvalue weighted by atomic mass is 10.1. The van der Waals surface area contributed by atoms with Gasteiger partial charge in [0, 0.05) is 16.4 Å². The molecule has 0 fully saturated rings. The van der Waals surface area contributed by atoms with Crippen molar-refractivity contribution < 1.29 is 4.79 Å². The van der Waals surface area contributed by atoms with E-state index in [0.717, 1.165) is 15.7 Å². The minimum atomic E-state index is -0.239. The Morgan fingerprint density at radius 1 is 1.32 bits per heavy atom. The molecule has 0 spiro atoms. The van der Waals surface area contributed by atoms with Crippen molar-refractivity contribution in [2.24, 2.45) is 5.84 Å². The maximum atomic E-state index is 12.2. The summed E-state index contributed by atoms with van der Waals surface area (Å²) in [5.41, 5.74) is 5.09. The molecular weight excluding hydrogens is 308 g/mol. The highest BCUT2D eigenvalue weighted by atomic mass is 79.9. The SMILES string of the molecule is Cc1c(Br)cccc1NC(=O)c1ccncc1NN. The molecule has 5 nitrogen and oxygen atoms in total. The molecule has 0 aliphatic heterocycles. The van der Waals surface area contributed by atoms with Gasteiger partial charge in [-0.25, -0.2) is 0 Å². The first-order valence-corrected chi connectivity index (χ1v) is 6.40. The second-order valence-electron chi connectivity index (χ2n) is 3.93. The lowest BCUT2D eigenvalue weighted by Gasteiger charge is -2.11. The van der Waals surface area contributed by atoms with Gasteiger partial charge in [-0.15, -0.1) is 0 Å². The van der Waals surface area contributed by atoms with Gasteiger partial charge in [-0.3, -0.25) is 15.6 Å². The second-order valence-corrected chi connectivity index (χ2v) is 4.79. The highest BCUT2D eigenvalue weighted by Crippen LogP contribution is 2.24. The predicted molar refractivity (Wildman–Crippen MR) is 78.9 cm³/mol. The van der Waals surface area contributed by atoms with Gasteiger partial charge in [0.15, 0.2) is 0 Å². The van der Waals surface area contributed by atoms with Gasteiger partial charge in [0.05, 0.1) is 17.4 Å². The number of anilines is 2. The van der Waals surface area contributed by atoms with Crippen molar-refractivity contribution in [2.45, 2.75) is 6.92 Å². The Hall–Kier alpha value is -1.92. The third kappa shape index (κ3) is 2.91. The van der Waals surface area contributed by atoms with E-state index in [1.165, 1.54) is 6.20 Å². The second kappa shape index (κ2) is 5.81. The quantitative estimate of drug-likeness (QED) is 0.600. The van der Waals surface area contributed by atoms with Crippen molar-refractivity contribution in [3.05, 3.63) is 52.3 Å². The maximum absolute atomic E-state index is 12.2. The number of hydrazine groups is 1. The molecule has 2 aromatic rings. The summed E-state index contributed by atoms with van der Waals surface area (Å²) in [6, 6.07) is 7.23. The number of pyridine rings is 1. The summed E-state index contributed by atoms with van der Waals surface area (Å²) in [5, 5.41) is 2.85. The number of carbonyl (C=O) groups excluding carboxylic acids is 1. The molecule has 6 heteroatoms.